The Kier molecular flexibility index (Phi) is 2.47. The molecule has 4 nitrogen and oxygen atoms in total. The summed E-state index contributed by atoms with van der Waals surface area (Å²) in [7, 11) is 0. The number of nitrogens with zero attached hydrogens (tertiary/aromatic N) is 2. The predicted octanol–water partition coefficient (Wildman–Crippen LogP) is 0.302. The van der Waals surface area contributed by atoms with Crippen LogP contribution in [0.2, 0.25) is 0 Å². The van der Waals surface area contributed by atoms with Gasteiger partial charge in [0, 0.05) is 18.0 Å². The van der Waals surface area contributed by atoms with Gasteiger partial charge in [0.2, 0.25) is 0 Å². The van der Waals surface area contributed by atoms with Crippen LogP contribution in [-0.2, 0) is 0 Å². The van der Waals surface area contributed by atoms with Crippen molar-refractivity contribution in [3.63, 3.8) is 0 Å². The summed E-state index contributed by atoms with van der Waals surface area (Å²) in [6.07, 6.45) is -1.28. The molecule has 1 aliphatic rings. The molecule has 1 saturated heterocycles. The summed E-state index contributed by atoms with van der Waals surface area (Å²) in [6.45, 7) is 4.96. The molecule has 14 heavy (non-hydrogen) atoms. The van der Waals surface area contributed by atoms with Crippen LogP contribution >= 0.6 is 11.3 Å². The third-order valence-corrected chi connectivity index (χ3v) is 3.68. The highest BCUT2D eigenvalue weighted by Crippen LogP contribution is 2.27. The maximum Gasteiger partial charge on any atom is 0.185 e. The Hall–Kier alpha value is -0.650. The summed E-state index contributed by atoms with van der Waals surface area (Å²) < 4.78 is 0. The predicted molar refractivity (Wildman–Crippen MR) is 55.8 cm³/mol. The maximum atomic E-state index is 9.39. The lowest BCUT2D eigenvalue weighted by molar-refractivity contribution is 0.0572. The third kappa shape index (κ3) is 1.63. The number of hydrogen-bond donors (Lipinski definition) is 2. The van der Waals surface area contributed by atoms with E-state index < -0.39 is 12.2 Å². The number of aliphatic hydroxyl groups is 2. The Morgan fingerprint density at radius 1 is 1.29 bits per heavy atom. The number of aromatic nitrogens is 1. The first-order valence-electron chi connectivity index (χ1n) is 4.63. The average molecular weight is 214 g/mol. The normalized spacial score (nSPS) is 27.3. The largest absolute Gasteiger partial charge is 0.389 e. The van der Waals surface area contributed by atoms with E-state index in [1.165, 1.54) is 4.88 Å². The fourth-order valence-corrected chi connectivity index (χ4v) is 2.44. The third-order valence-electron chi connectivity index (χ3n) is 2.55. The molecule has 5 heteroatoms. The van der Waals surface area contributed by atoms with Crippen LogP contribution in [0.4, 0.5) is 5.13 Å². The molecule has 0 bridgehead atoms. The van der Waals surface area contributed by atoms with Crippen LogP contribution in [0.15, 0.2) is 0 Å². The monoisotopic (exact) mass is 214 g/mol. The zero-order chi connectivity index (χ0) is 10.3. The van der Waals surface area contributed by atoms with Gasteiger partial charge in [-0.15, -0.1) is 11.3 Å². The zero-order valence-corrected chi connectivity index (χ0v) is 9.08. The maximum absolute atomic E-state index is 9.39. The number of thiazole rings is 1. The van der Waals surface area contributed by atoms with Gasteiger partial charge in [0.1, 0.15) is 0 Å². The van der Waals surface area contributed by atoms with Crippen LogP contribution in [0.3, 0.4) is 0 Å². The highest BCUT2D eigenvalue weighted by molar-refractivity contribution is 7.15. The van der Waals surface area contributed by atoms with Gasteiger partial charge in [0.05, 0.1) is 17.9 Å². The van der Waals surface area contributed by atoms with Crippen molar-refractivity contribution < 1.29 is 10.2 Å². The van der Waals surface area contributed by atoms with Gasteiger partial charge in [-0.2, -0.15) is 0 Å². The van der Waals surface area contributed by atoms with Crippen molar-refractivity contribution in [3.8, 4) is 0 Å². The Labute approximate surface area is 86.8 Å². The number of β-amino-alcohol motifs (C(OH)–C–C–N with tert-alkyl or cyclic N) is 2. The molecule has 0 spiro atoms. The minimum absolute atomic E-state index is 0.480. The molecule has 2 heterocycles. The van der Waals surface area contributed by atoms with Gasteiger partial charge in [0.15, 0.2) is 5.13 Å². The van der Waals surface area contributed by atoms with Gasteiger partial charge < -0.3 is 15.1 Å². The van der Waals surface area contributed by atoms with E-state index in [0.29, 0.717) is 13.1 Å². The van der Waals surface area contributed by atoms with E-state index in [0.717, 1.165) is 10.8 Å². The molecule has 2 atom stereocenters. The molecule has 0 amide bonds. The minimum atomic E-state index is -0.639. The molecule has 1 aliphatic heterocycles. The number of aliphatic hydroxyl groups excluding tert-OH is 2. The minimum Gasteiger partial charge on any atom is -0.389 e. The second-order valence-corrected chi connectivity index (χ2v) is 4.86. The van der Waals surface area contributed by atoms with Crippen LogP contribution in [-0.4, -0.2) is 40.5 Å². The fourth-order valence-electron chi connectivity index (χ4n) is 1.52. The summed E-state index contributed by atoms with van der Waals surface area (Å²) in [5.41, 5.74) is 1.03. The van der Waals surface area contributed by atoms with Gasteiger partial charge in [-0.05, 0) is 13.8 Å². The smallest absolute Gasteiger partial charge is 0.185 e. The summed E-state index contributed by atoms with van der Waals surface area (Å²) in [4.78, 5) is 7.50. The lowest BCUT2D eigenvalue weighted by atomic mass is 10.3. The van der Waals surface area contributed by atoms with Crippen molar-refractivity contribution in [2.75, 3.05) is 18.0 Å². The van der Waals surface area contributed by atoms with Crippen LogP contribution in [0.25, 0.3) is 0 Å². The number of rotatable bonds is 1. The number of anilines is 1. The second-order valence-electron chi connectivity index (χ2n) is 3.68. The van der Waals surface area contributed by atoms with E-state index in [2.05, 4.69) is 4.98 Å². The van der Waals surface area contributed by atoms with Crippen LogP contribution in [0.1, 0.15) is 10.6 Å². The van der Waals surface area contributed by atoms with E-state index in [1.54, 1.807) is 11.3 Å². The number of aryl methyl sites for hydroxylation is 2. The highest BCUT2D eigenvalue weighted by atomic mass is 32.1. The second kappa shape index (κ2) is 3.49. The van der Waals surface area contributed by atoms with Gasteiger partial charge in [-0.1, -0.05) is 0 Å². The zero-order valence-electron chi connectivity index (χ0n) is 8.27. The van der Waals surface area contributed by atoms with Crippen molar-refractivity contribution in [1.29, 1.82) is 0 Å². The topological polar surface area (TPSA) is 56.6 Å². The van der Waals surface area contributed by atoms with Crippen LogP contribution in [0.5, 0.6) is 0 Å². The van der Waals surface area contributed by atoms with Crippen molar-refractivity contribution in [1.82, 2.24) is 4.98 Å². The summed E-state index contributed by atoms with van der Waals surface area (Å²) in [5.74, 6) is 0. The molecule has 1 aromatic heterocycles. The Bertz CT molecular complexity index is 310. The molecule has 78 valence electrons. The van der Waals surface area contributed by atoms with Gasteiger partial charge in [-0.3, -0.25) is 0 Å². The quantitative estimate of drug-likeness (QED) is 0.706. The van der Waals surface area contributed by atoms with E-state index >= 15 is 0 Å². The molecular formula is C9H14N2O2S. The first-order valence-corrected chi connectivity index (χ1v) is 5.44. The van der Waals surface area contributed by atoms with Gasteiger partial charge in [0.25, 0.3) is 0 Å². The molecule has 0 radical (unpaired) electrons. The average Bonchev–Trinajstić information content (AvgIpc) is 2.60. The Balaban J connectivity index is 2.17. The summed E-state index contributed by atoms with van der Waals surface area (Å²) in [5, 5.41) is 19.7. The van der Waals surface area contributed by atoms with E-state index in [4.69, 9.17) is 0 Å². The van der Waals surface area contributed by atoms with Crippen molar-refractivity contribution in [3.05, 3.63) is 10.6 Å². The van der Waals surface area contributed by atoms with Crippen molar-refractivity contribution >= 4 is 16.5 Å². The molecular weight excluding hydrogens is 200 g/mol. The Morgan fingerprint density at radius 2 is 1.86 bits per heavy atom. The molecule has 0 saturated carbocycles. The highest BCUT2D eigenvalue weighted by Gasteiger charge is 2.31. The van der Waals surface area contributed by atoms with E-state index in [-0.39, 0.29) is 0 Å². The van der Waals surface area contributed by atoms with Crippen molar-refractivity contribution in [2.45, 2.75) is 26.1 Å². The molecule has 0 aliphatic carbocycles. The molecule has 1 aromatic rings. The van der Waals surface area contributed by atoms with Crippen LogP contribution in [0, 0.1) is 13.8 Å². The van der Waals surface area contributed by atoms with Crippen molar-refractivity contribution in [2.24, 2.45) is 0 Å². The van der Waals surface area contributed by atoms with E-state index in [9.17, 15) is 10.2 Å². The molecule has 0 aromatic carbocycles. The van der Waals surface area contributed by atoms with Gasteiger partial charge >= 0.3 is 0 Å². The lowest BCUT2D eigenvalue weighted by Crippen LogP contribution is -2.22. The van der Waals surface area contributed by atoms with Crippen LogP contribution < -0.4 is 4.90 Å². The first-order chi connectivity index (χ1) is 6.58. The molecule has 2 N–H and O–H groups in total. The standard InChI is InChI=1S/C9H14N2O2S/c1-5-6(2)14-9(10-5)11-3-7(12)8(13)4-11/h7-8,12-13H,3-4H2,1-2H3. The summed E-state index contributed by atoms with van der Waals surface area (Å²) >= 11 is 1.61. The first kappa shape index (κ1) is 9.89. The Morgan fingerprint density at radius 3 is 2.29 bits per heavy atom. The SMILES string of the molecule is Cc1nc(N2CC(O)C(O)C2)sc1C. The van der Waals surface area contributed by atoms with Gasteiger partial charge in [-0.25, -0.2) is 4.98 Å². The van der Waals surface area contributed by atoms with E-state index in [1.807, 2.05) is 18.7 Å². The molecule has 2 unspecified atom stereocenters. The summed E-state index contributed by atoms with van der Waals surface area (Å²) in [6, 6.07) is 0. The fraction of sp³-hybridized carbons (Fsp3) is 0.667. The number of hydrogen-bond acceptors (Lipinski definition) is 5. The molecule has 2 rings (SSSR count). The lowest BCUT2D eigenvalue weighted by Gasteiger charge is -2.12. The molecule has 1 fully saturated rings.